The van der Waals surface area contributed by atoms with Gasteiger partial charge in [0.1, 0.15) is 11.6 Å². The Hall–Kier alpha value is -3.40. The number of fused-ring (bicyclic) bond motifs is 1. The van der Waals surface area contributed by atoms with E-state index in [1.54, 1.807) is 6.07 Å². The second-order valence-electron chi connectivity index (χ2n) is 5.61. The van der Waals surface area contributed by atoms with Gasteiger partial charge in [-0.3, -0.25) is 0 Å². The van der Waals surface area contributed by atoms with Crippen LogP contribution in [0, 0.1) is 5.82 Å². The number of alkyl carbamates (subject to hydrolysis) is 1. The summed E-state index contributed by atoms with van der Waals surface area (Å²) in [5.74, 6) is 0.117. The molecule has 9 nitrogen and oxygen atoms in total. The molecular formula is C17H16ClFN6O3. The molecule has 4 N–H and O–H groups in total. The van der Waals surface area contributed by atoms with Crippen LogP contribution in [0.3, 0.4) is 0 Å². The highest BCUT2D eigenvalue weighted by atomic mass is 35.5. The van der Waals surface area contributed by atoms with Gasteiger partial charge in [0.2, 0.25) is 0 Å². The number of aromatic nitrogens is 3. The maximum atomic E-state index is 13.3. The molecule has 0 fully saturated rings. The minimum atomic E-state index is -0.556. The first-order valence-electron chi connectivity index (χ1n) is 8.11. The van der Waals surface area contributed by atoms with Crippen molar-refractivity contribution in [3.8, 4) is 0 Å². The Bertz CT molecular complexity index is 1040. The van der Waals surface area contributed by atoms with Crippen molar-refractivity contribution in [3.63, 3.8) is 0 Å². The topological polar surface area (TPSA) is 125 Å². The summed E-state index contributed by atoms with van der Waals surface area (Å²) < 4.78 is 17.8. The summed E-state index contributed by atoms with van der Waals surface area (Å²) >= 11 is 5.78. The van der Waals surface area contributed by atoms with Gasteiger partial charge in [-0.25, -0.2) is 19.2 Å². The normalized spacial score (nSPS) is 11.5. The second kappa shape index (κ2) is 8.53. The number of carbonyl (C=O) groups is 1. The Morgan fingerprint density at radius 3 is 2.96 bits per heavy atom. The van der Waals surface area contributed by atoms with E-state index in [0.717, 1.165) is 0 Å². The van der Waals surface area contributed by atoms with Crippen molar-refractivity contribution >= 4 is 40.4 Å². The van der Waals surface area contributed by atoms with E-state index < -0.39 is 11.9 Å². The van der Waals surface area contributed by atoms with Gasteiger partial charge in [0.15, 0.2) is 11.5 Å². The third kappa shape index (κ3) is 4.29. The Morgan fingerprint density at radius 1 is 1.43 bits per heavy atom. The monoisotopic (exact) mass is 406 g/mol. The third-order valence-electron chi connectivity index (χ3n) is 3.80. The van der Waals surface area contributed by atoms with Gasteiger partial charge in [-0.15, -0.1) is 0 Å². The number of nitrogens with zero attached hydrogens (tertiary/aromatic N) is 3. The molecule has 1 aromatic carbocycles. The molecule has 2 heterocycles. The fourth-order valence-electron chi connectivity index (χ4n) is 2.49. The van der Waals surface area contributed by atoms with E-state index in [2.05, 4.69) is 35.5 Å². The van der Waals surface area contributed by atoms with E-state index in [9.17, 15) is 14.4 Å². The van der Waals surface area contributed by atoms with E-state index in [1.165, 1.54) is 31.5 Å². The lowest BCUT2D eigenvalue weighted by atomic mass is 10.2. The van der Waals surface area contributed by atoms with Crippen molar-refractivity contribution in [3.05, 3.63) is 52.7 Å². The Kier molecular flexibility index (Phi) is 5.90. The summed E-state index contributed by atoms with van der Waals surface area (Å²) in [5, 5.41) is 18.1. The summed E-state index contributed by atoms with van der Waals surface area (Å²) in [5.41, 5.74) is 1.87. The van der Waals surface area contributed by atoms with Crippen LogP contribution in [0.1, 0.15) is 11.4 Å². The summed E-state index contributed by atoms with van der Waals surface area (Å²) in [6.07, 6.45) is 1.39. The number of anilines is 1. The molecule has 146 valence electrons. The van der Waals surface area contributed by atoms with Gasteiger partial charge in [0.05, 0.1) is 17.6 Å². The van der Waals surface area contributed by atoms with Crippen molar-refractivity contribution in [2.24, 2.45) is 5.16 Å². The predicted octanol–water partition coefficient (Wildman–Crippen LogP) is 2.90. The van der Waals surface area contributed by atoms with Gasteiger partial charge in [0.25, 0.3) is 0 Å². The number of carbonyl (C=O) groups excluding carboxylic acids is 1. The number of amidine groups is 1. The lowest BCUT2D eigenvalue weighted by Crippen LogP contribution is -2.25. The number of imidazole rings is 1. The number of benzene rings is 1. The lowest BCUT2D eigenvalue weighted by molar-refractivity contribution is 0.171. The largest absolute Gasteiger partial charge is 0.453 e. The van der Waals surface area contributed by atoms with Crippen molar-refractivity contribution in [2.45, 2.75) is 6.42 Å². The molecule has 28 heavy (non-hydrogen) atoms. The molecule has 1 amide bonds. The average molecular weight is 407 g/mol. The van der Waals surface area contributed by atoms with E-state index in [1.807, 2.05) is 0 Å². The molecule has 0 saturated heterocycles. The molecule has 0 atom stereocenters. The number of ether oxygens (including phenoxy) is 1. The number of H-pyrrole nitrogens is 1. The number of rotatable bonds is 5. The van der Waals surface area contributed by atoms with Crippen molar-refractivity contribution in [2.75, 3.05) is 19.0 Å². The molecule has 0 unspecified atom stereocenters. The van der Waals surface area contributed by atoms with E-state index in [4.69, 9.17) is 11.6 Å². The van der Waals surface area contributed by atoms with E-state index in [-0.39, 0.29) is 10.9 Å². The molecule has 0 bridgehead atoms. The van der Waals surface area contributed by atoms with E-state index in [0.29, 0.717) is 41.2 Å². The zero-order valence-corrected chi connectivity index (χ0v) is 15.4. The van der Waals surface area contributed by atoms with Crippen molar-refractivity contribution in [1.82, 2.24) is 20.3 Å². The zero-order valence-electron chi connectivity index (χ0n) is 14.7. The van der Waals surface area contributed by atoms with Crippen molar-refractivity contribution in [1.29, 1.82) is 0 Å². The highest BCUT2D eigenvalue weighted by Gasteiger charge is 2.15. The highest BCUT2D eigenvalue weighted by molar-refractivity contribution is 6.31. The van der Waals surface area contributed by atoms with Crippen LogP contribution in [0.5, 0.6) is 0 Å². The van der Waals surface area contributed by atoms with Crippen LogP contribution in [-0.2, 0) is 11.2 Å². The molecule has 0 aliphatic rings. The van der Waals surface area contributed by atoms with Gasteiger partial charge < -0.3 is 25.6 Å². The van der Waals surface area contributed by atoms with Gasteiger partial charge in [-0.1, -0.05) is 16.8 Å². The van der Waals surface area contributed by atoms with Crippen LogP contribution in [0.4, 0.5) is 14.9 Å². The van der Waals surface area contributed by atoms with Crippen molar-refractivity contribution < 1.29 is 19.1 Å². The first kappa shape index (κ1) is 19.4. The van der Waals surface area contributed by atoms with Crippen LogP contribution in [-0.4, -0.2) is 45.7 Å². The summed E-state index contributed by atoms with van der Waals surface area (Å²) in [6, 6.07) is 5.66. The lowest BCUT2D eigenvalue weighted by Gasteiger charge is -2.09. The van der Waals surface area contributed by atoms with Crippen LogP contribution in [0.25, 0.3) is 11.2 Å². The molecule has 2 aromatic heterocycles. The summed E-state index contributed by atoms with van der Waals surface area (Å²) in [4.78, 5) is 22.7. The SMILES string of the molecule is COC(=O)NCCc1nc2nccc(/C(=N/O)Nc3ccc(F)c(Cl)c3)c2[nH]1. The quantitative estimate of drug-likeness (QED) is 0.223. The number of pyridine rings is 1. The maximum Gasteiger partial charge on any atom is 0.406 e. The average Bonchev–Trinajstić information content (AvgIpc) is 3.11. The second-order valence-corrected chi connectivity index (χ2v) is 6.02. The number of nitrogens with one attached hydrogen (secondary N) is 3. The number of hydrogen-bond acceptors (Lipinski definition) is 6. The van der Waals surface area contributed by atoms with Crippen LogP contribution < -0.4 is 10.6 Å². The highest BCUT2D eigenvalue weighted by Crippen LogP contribution is 2.21. The Balaban J connectivity index is 1.84. The Labute approximate surface area is 163 Å². The number of aromatic amines is 1. The fourth-order valence-corrected chi connectivity index (χ4v) is 2.67. The van der Waals surface area contributed by atoms with Crippen LogP contribution in [0.2, 0.25) is 5.02 Å². The number of hydrogen-bond donors (Lipinski definition) is 4. The van der Waals surface area contributed by atoms with Crippen LogP contribution >= 0.6 is 11.6 Å². The molecule has 0 aliphatic carbocycles. The Morgan fingerprint density at radius 2 is 2.25 bits per heavy atom. The van der Waals surface area contributed by atoms with Gasteiger partial charge >= 0.3 is 6.09 Å². The molecule has 0 radical (unpaired) electrons. The number of amides is 1. The smallest absolute Gasteiger partial charge is 0.406 e. The first-order valence-corrected chi connectivity index (χ1v) is 8.49. The van der Waals surface area contributed by atoms with E-state index >= 15 is 0 Å². The number of halogens is 2. The summed E-state index contributed by atoms with van der Waals surface area (Å²) in [7, 11) is 1.28. The zero-order chi connectivity index (χ0) is 20.1. The molecular weight excluding hydrogens is 391 g/mol. The molecule has 3 rings (SSSR count). The molecule has 0 aliphatic heterocycles. The number of oxime groups is 1. The minimum Gasteiger partial charge on any atom is -0.453 e. The fraction of sp³-hybridized carbons (Fsp3) is 0.176. The van der Waals surface area contributed by atoms with Gasteiger partial charge in [0, 0.05) is 30.4 Å². The van der Waals surface area contributed by atoms with Gasteiger partial charge in [-0.2, -0.15) is 0 Å². The minimum absolute atomic E-state index is 0.0657. The first-order chi connectivity index (χ1) is 13.5. The molecule has 3 aromatic rings. The summed E-state index contributed by atoms with van der Waals surface area (Å²) in [6.45, 7) is 0.315. The molecule has 0 spiro atoms. The maximum absolute atomic E-state index is 13.3. The molecule has 0 saturated carbocycles. The van der Waals surface area contributed by atoms with Gasteiger partial charge in [-0.05, 0) is 24.3 Å². The van der Waals surface area contributed by atoms with Crippen LogP contribution in [0.15, 0.2) is 35.6 Å². The standard InChI is InChI=1S/C17H16ClFN6O3/c1-28-17(26)21-7-5-13-23-14-10(4-6-20-16(14)24-13)15(25-27)22-9-2-3-12(19)11(18)8-9/h2-4,6,8,27H,5,7H2,1H3,(H,21,26)(H,22,25)(H,20,23,24). The predicted molar refractivity (Wildman–Crippen MR) is 101 cm³/mol. The number of methoxy groups -OCH3 is 1. The molecule has 11 heteroatoms. The third-order valence-corrected chi connectivity index (χ3v) is 4.08.